The number of nitrogens with zero attached hydrogens (tertiary/aromatic N) is 2. The molecule has 1 fully saturated rings. The number of rotatable bonds is 2. The van der Waals surface area contributed by atoms with Crippen molar-refractivity contribution in [3.05, 3.63) is 35.4 Å². The molecule has 7 heteroatoms. The van der Waals surface area contributed by atoms with Crippen LogP contribution in [0.5, 0.6) is 0 Å². The number of hydrogen-bond donors (Lipinski definition) is 0. The van der Waals surface area contributed by atoms with E-state index in [1.165, 1.54) is 11.0 Å². The van der Waals surface area contributed by atoms with E-state index in [4.69, 9.17) is 6.11 Å². The molecular weight excluding hydrogens is 321 g/mol. The molecule has 1 heterocycles. The lowest BCUT2D eigenvalue weighted by Crippen LogP contribution is -2.49. The third kappa shape index (κ3) is 5.40. The average Bonchev–Trinajstić information content (AvgIpc) is 2.47. The minimum atomic E-state index is -4.38. The summed E-state index contributed by atoms with van der Waals surface area (Å²) in [6, 6.07) is 5.12. The molecule has 0 bridgehead atoms. The number of benzene rings is 1. The molecule has 0 saturated carbocycles. The summed E-state index contributed by atoms with van der Waals surface area (Å²) in [6.45, 7) is 5.78. The molecule has 0 aromatic heterocycles. The highest BCUT2D eigenvalue weighted by Crippen LogP contribution is 2.29. The van der Waals surface area contributed by atoms with Crippen LogP contribution in [0.1, 0.15) is 33.3 Å². The number of halogens is 3. The molecule has 1 aromatic carbocycles. The van der Waals surface area contributed by atoms with Crippen LogP contribution in [-0.2, 0) is 17.5 Å². The molecule has 2 rings (SSSR count). The first-order valence-electron chi connectivity index (χ1n) is 8.34. The molecule has 4 nitrogen and oxygen atoms in total. The van der Waals surface area contributed by atoms with E-state index in [1.807, 2.05) is 0 Å². The SMILES string of the molecule is [2H]C1CN(C(=O)OC(C)(C)C)CCN1Cc1cccc(C(F)(F)F)c1. The van der Waals surface area contributed by atoms with Gasteiger partial charge in [0.15, 0.2) is 0 Å². The lowest BCUT2D eigenvalue weighted by molar-refractivity contribution is -0.137. The van der Waals surface area contributed by atoms with E-state index in [2.05, 4.69) is 0 Å². The fraction of sp³-hybridized carbons (Fsp3) is 0.588. The Bertz CT molecular complexity index is 617. The molecule has 1 unspecified atom stereocenters. The van der Waals surface area contributed by atoms with Crippen molar-refractivity contribution < 1.29 is 24.1 Å². The van der Waals surface area contributed by atoms with Crippen molar-refractivity contribution in [3.63, 3.8) is 0 Å². The molecule has 1 aliphatic rings. The van der Waals surface area contributed by atoms with E-state index in [9.17, 15) is 18.0 Å². The van der Waals surface area contributed by atoms with Crippen molar-refractivity contribution in [1.29, 1.82) is 0 Å². The summed E-state index contributed by atoms with van der Waals surface area (Å²) in [6.07, 6.45) is -4.85. The van der Waals surface area contributed by atoms with E-state index < -0.39 is 30.0 Å². The maximum absolute atomic E-state index is 12.8. The molecule has 134 valence electrons. The van der Waals surface area contributed by atoms with Crippen LogP contribution in [-0.4, -0.2) is 47.6 Å². The third-order valence-electron chi connectivity index (χ3n) is 3.51. The second-order valence-corrected chi connectivity index (χ2v) is 6.78. The van der Waals surface area contributed by atoms with Crippen LogP contribution in [0.4, 0.5) is 18.0 Å². The van der Waals surface area contributed by atoms with Crippen LogP contribution < -0.4 is 0 Å². The van der Waals surface area contributed by atoms with E-state index in [0.717, 1.165) is 12.1 Å². The lowest BCUT2D eigenvalue weighted by Gasteiger charge is -2.35. The predicted molar refractivity (Wildman–Crippen MR) is 84.5 cm³/mol. The fourth-order valence-corrected chi connectivity index (χ4v) is 2.36. The predicted octanol–water partition coefficient (Wildman–Crippen LogP) is 3.76. The number of piperazine rings is 1. The van der Waals surface area contributed by atoms with Gasteiger partial charge in [-0.15, -0.1) is 0 Å². The second kappa shape index (κ2) is 7.01. The first-order chi connectivity index (χ1) is 11.5. The molecule has 0 spiro atoms. The summed E-state index contributed by atoms with van der Waals surface area (Å²) >= 11 is 0. The molecule has 1 amide bonds. The van der Waals surface area contributed by atoms with Crippen molar-refractivity contribution in [2.24, 2.45) is 0 Å². The van der Waals surface area contributed by atoms with E-state index in [1.54, 1.807) is 31.7 Å². The molecule has 0 aliphatic carbocycles. The summed E-state index contributed by atoms with van der Waals surface area (Å²) in [5.74, 6) is 0. The van der Waals surface area contributed by atoms with Gasteiger partial charge >= 0.3 is 12.3 Å². The third-order valence-corrected chi connectivity index (χ3v) is 3.51. The minimum Gasteiger partial charge on any atom is -0.444 e. The normalized spacial score (nSPS) is 20.7. The molecular formula is C17H23F3N2O2. The van der Waals surface area contributed by atoms with Gasteiger partial charge in [0.05, 0.1) is 5.56 Å². The molecule has 1 saturated heterocycles. The Kier molecular flexibility index (Phi) is 4.99. The van der Waals surface area contributed by atoms with Crippen molar-refractivity contribution in [3.8, 4) is 0 Å². The fourth-order valence-electron chi connectivity index (χ4n) is 2.36. The van der Waals surface area contributed by atoms with Crippen LogP contribution in [0.3, 0.4) is 0 Å². The molecule has 1 atom stereocenters. The Morgan fingerprint density at radius 3 is 2.54 bits per heavy atom. The first-order valence-corrected chi connectivity index (χ1v) is 7.76. The Morgan fingerprint density at radius 2 is 1.96 bits per heavy atom. The van der Waals surface area contributed by atoms with E-state index in [-0.39, 0.29) is 13.1 Å². The van der Waals surface area contributed by atoms with Crippen molar-refractivity contribution in [1.82, 2.24) is 9.80 Å². The van der Waals surface area contributed by atoms with Crippen LogP contribution in [0.15, 0.2) is 24.3 Å². The van der Waals surface area contributed by atoms with Crippen molar-refractivity contribution >= 4 is 6.09 Å². The average molecular weight is 345 g/mol. The molecule has 1 aliphatic heterocycles. The van der Waals surface area contributed by atoms with Crippen LogP contribution >= 0.6 is 0 Å². The second-order valence-electron chi connectivity index (χ2n) is 6.78. The number of amides is 1. The topological polar surface area (TPSA) is 32.8 Å². The number of carbonyl (C=O) groups is 1. The number of ether oxygens (including phenoxy) is 1. The number of hydrogen-bond acceptors (Lipinski definition) is 3. The van der Waals surface area contributed by atoms with Crippen molar-refractivity contribution in [2.45, 2.75) is 39.1 Å². The van der Waals surface area contributed by atoms with E-state index in [0.29, 0.717) is 18.7 Å². The monoisotopic (exact) mass is 345 g/mol. The van der Waals surface area contributed by atoms with Gasteiger partial charge < -0.3 is 9.64 Å². The molecule has 0 N–H and O–H groups in total. The van der Waals surface area contributed by atoms with Gasteiger partial charge in [0.25, 0.3) is 0 Å². The quantitative estimate of drug-likeness (QED) is 0.818. The van der Waals surface area contributed by atoms with Gasteiger partial charge in [-0.3, -0.25) is 4.90 Å². The minimum absolute atomic E-state index is 0.161. The lowest BCUT2D eigenvalue weighted by atomic mass is 10.1. The van der Waals surface area contributed by atoms with E-state index >= 15 is 0 Å². The zero-order chi connectivity index (χ0) is 18.8. The summed E-state index contributed by atoms with van der Waals surface area (Å²) in [7, 11) is 0. The van der Waals surface area contributed by atoms with Crippen molar-refractivity contribution in [2.75, 3.05) is 26.2 Å². The highest BCUT2D eigenvalue weighted by atomic mass is 19.4. The summed E-state index contributed by atoms with van der Waals surface area (Å²) in [4.78, 5) is 15.3. The summed E-state index contributed by atoms with van der Waals surface area (Å²) < 4.78 is 51.8. The van der Waals surface area contributed by atoms with Gasteiger partial charge in [-0.05, 0) is 32.4 Å². The van der Waals surface area contributed by atoms with Gasteiger partial charge in [0, 0.05) is 34.1 Å². The molecule has 24 heavy (non-hydrogen) atoms. The van der Waals surface area contributed by atoms with Gasteiger partial charge in [-0.2, -0.15) is 13.2 Å². The smallest absolute Gasteiger partial charge is 0.416 e. The molecule has 0 radical (unpaired) electrons. The Labute approximate surface area is 141 Å². The Morgan fingerprint density at radius 1 is 1.25 bits per heavy atom. The molecule has 1 aromatic rings. The van der Waals surface area contributed by atoms with Crippen LogP contribution in [0, 0.1) is 0 Å². The summed E-state index contributed by atoms with van der Waals surface area (Å²) in [5.41, 5.74) is -0.805. The highest BCUT2D eigenvalue weighted by molar-refractivity contribution is 5.68. The van der Waals surface area contributed by atoms with Crippen LogP contribution in [0.25, 0.3) is 0 Å². The van der Waals surface area contributed by atoms with Gasteiger partial charge in [-0.1, -0.05) is 18.2 Å². The van der Waals surface area contributed by atoms with Gasteiger partial charge in [0.1, 0.15) is 5.60 Å². The van der Waals surface area contributed by atoms with Gasteiger partial charge in [0.2, 0.25) is 0 Å². The standard InChI is InChI=1S/C17H23F3N2O2/c1-16(2,3)24-15(23)22-9-7-21(8-10-22)12-13-5-4-6-14(11-13)17(18,19)20/h4-6,11H,7-10,12H2,1-3H3/i7D. The number of alkyl halides is 3. The Hall–Kier alpha value is -1.76. The maximum Gasteiger partial charge on any atom is 0.416 e. The first kappa shape index (κ1) is 17.1. The Balaban J connectivity index is 1.97. The zero-order valence-corrected chi connectivity index (χ0v) is 14.1. The summed E-state index contributed by atoms with van der Waals surface area (Å²) in [5, 5.41) is 0. The highest BCUT2D eigenvalue weighted by Gasteiger charge is 2.31. The maximum atomic E-state index is 12.8. The number of carbonyl (C=O) groups excluding carboxylic acids is 1. The van der Waals surface area contributed by atoms with Crippen LogP contribution in [0.2, 0.25) is 0 Å². The van der Waals surface area contributed by atoms with Gasteiger partial charge in [-0.25, -0.2) is 4.79 Å². The zero-order valence-electron chi connectivity index (χ0n) is 15.1. The largest absolute Gasteiger partial charge is 0.444 e.